The molecule has 2 N–H and O–H groups in total. The number of benzene rings is 1. The van der Waals surface area contributed by atoms with Crippen LogP contribution in [0, 0.1) is 5.92 Å². The van der Waals surface area contributed by atoms with Gasteiger partial charge in [0.1, 0.15) is 11.5 Å². The van der Waals surface area contributed by atoms with Crippen molar-refractivity contribution in [2.45, 2.75) is 65.2 Å². The second kappa shape index (κ2) is 8.77. The minimum Gasteiger partial charge on any atom is -0.506 e. The van der Waals surface area contributed by atoms with Crippen LogP contribution in [0.4, 0.5) is 0 Å². The molecule has 0 fully saturated rings. The summed E-state index contributed by atoms with van der Waals surface area (Å²) in [5, 5.41) is 21.8. The van der Waals surface area contributed by atoms with Crippen LogP contribution in [0.1, 0.15) is 69.9 Å². The van der Waals surface area contributed by atoms with Crippen LogP contribution in [0.2, 0.25) is 0 Å². The first kappa shape index (κ1) is 20.6. The second-order valence-electron chi connectivity index (χ2n) is 7.20. The van der Waals surface area contributed by atoms with Crippen LogP contribution in [0.5, 0.6) is 11.5 Å². The molecule has 2 atom stereocenters. The summed E-state index contributed by atoms with van der Waals surface area (Å²) in [5.41, 5.74) is 3.92. The minimum absolute atomic E-state index is 0.0523. The SMILES string of the molecule is C=C(C)[C@H]1CCC(C)=C[C@@H]1c1c(O)c(Br)c(CCCCC)c(Br)c1O. The van der Waals surface area contributed by atoms with E-state index in [1.54, 1.807) is 0 Å². The molecule has 0 amide bonds. The van der Waals surface area contributed by atoms with Gasteiger partial charge >= 0.3 is 0 Å². The van der Waals surface area contributed by atoms with E-state index >= 15 is 0 Å². The van der Waals surface area contributed by atoms with Gasteiger partial charge in [0.15, 0.2) is 0 Å². The van der Waals surface area contributed by atoms with Crippen molar-refractivity contribution in [3.63, 3.8) is 0 Å². The van der Waals surface area contributed by atoms with Crippen molar-refractivity contribution in [3.05, 3.63) is 43.9 Å². The molecule has 0 saturated heterocycles. The molecule has 1 aliphatic carbocycles. The van der Waals surface area contributed by atoms with E-state index in [9.17, 15) is 10.2 Å². The zero-order chi connectivity index (χ0) is 18.7. The first-order chi connectivity index (χ1) is 11.8. The highest BCUT2D eigenvalue weighted by Crippen LogP contribution is 2.52. The standard InChI is InChI=1S/C21H28Br2O2/c1-5-6-7-8-15-18(22)20(24)17(21(25)19(15)23)16-11-13(4)9-10-14(16)12(2)3/h11,14,16,24-25H,2,5-10H2,1,3-4H3/t14-,16+/m1/s1. The van der Waals surface area contributed by atoms with Crippen molar-refractivity contribution in [1.29, 1.82) is 0 Å². The minimum atomic E-state index is -0.0523. The van der Waals surface area contributed by atoms with Crippen molar-refractivity contribution in [2.24, 2.45) is 5.92 Å². The number of hydrogen-bond donors (Lipinski definition) is 2. The number of allylic oxidation sites excluding steroid dienone is 3. The first-order valence-electron chi connectivity index (χ1n) is 9.03. The van der Waals surface area contributed by atoms with E-state index in [0.717, 1.165) is 49.7 Å². The zero-order valence-electron chi connectivity index (χ0n) is 15.3. The second-order valence-corrected chi connectivity index (χ2v) is 8.79. The Hall–Kier alpha value is -0.740. The van der Waals surface area contributed by atoms with Crippen molar-refractivity contribution in [1.82, 2.24) is 0 Å². The third-order valence-electron chi connectivity index (χ3n) is 5.20. The van der Waals surface area contributed by atoms with Crippen LogP contribution in [0.25, 0.3) is 0 Å². The van der Waals surface area contributed by atoms with Crippen molar-refractivity contribution >= 4 is 31.9 Å². The number of hydrogen-bond acceptors (Lipinski definition) is 2. The van der Waals surface area contributed by atoms with Crippen LogP contribution < -0.4 is 0 Å². The lowest BCUT2D eigenvalue weighted by atomic mass is 9.73. The number of halogens is 2. The van der Waals surface area contributed by atoms with Gasteiger partial charge in [-0.25, -0.2) is 0 Å². The predicted molar refractivity (Wildman–Crippen MR) is 112 cm³/mol. The summed E-state index contributed by atoms with van der Waals surface area (Å²) < 4.78 is 1.39. The lowest BCUT2D eigenvalue weighted by Crippen LogP contribution is -2.17. The molecule has 0 heterocycles. The van der Waals surface area contributed by atoms with Gasteiger partial charge in [-0.2, -0.15) is 0 Å². The van der Waals surface area contributed by atoms with Gasteiger partial charge in [0.2, 0.25) is 0 Å². The molecular weight excluding hydrogens is 444 g/mol. The van der Waals surface area contributed by atoms with Crippen LogP contribution in [-0.2, 0) is 6.42 Å². The van der Waals surface area contributed by atoms with Gasteiger partial charge in [-0.3, -0.25) is 0 Å². The molecule has 2 nitrogen and oxygen atoms in total. The fraction of sp³-hybridized carbons (Fsp3) is 0.524. The average molecular weight is 472 g/mol. The van der Waals surface area contributed by atoms with E-state index in [-0.39, 0.29) is 23.3 Å². The number of phenolic OH excluding ortho intramolecular Hbond substituents is 2. The Bertz CT molecular complexity index is 663. The molecule has 0 aromatic heterocycles. The smallest absolute Gasteiger partial charge is 0.137 e. The van der Waals surface area contributed by atoms with Gasteiger partial charge in [0, 0.05) is 11.5 Å². The number of unbranched alkanes of at least 4 members (excludes halogenated alkanes) is 2. The van der Waals surface area contributed by atoms with Crippen molar-refractivity contribution in [3.8, 4) is 11.5 Å². The van der Waals surface area contributed by atoms with Crippen molar-refractivity contribution in [2.75, 3.05) is 0 Å². The summed E-state index contributed by atoms with van der Waals surface area (Å²) >= 11 is 7.15. The molecule has 0 saturated carbocycles. The number of rotatable bonds is 6. The van der Waals surface area contributed by atoms with E-state index in [2.05, 4.69) is 58.4 Å². The van der Waals surface area contributed by atoms with Crippen LogP contribution in [-0.4, -0.2) is 10.2 Å². The van der Waals surface area contributed by atoms with E-state index in [1.807, 2.05) is 6.92 Å². The first-order valence-corrected chi connectivity index (χ1v) is 10.6. The molecule has 25 heavy (non-hydrogen) atoms. The highest BCUT2D eigenvalue weighted by atomic mass is 79.9. The zero-order valence-corrected chi connectivity index (χ0v) is 18.5. The molecular formula is C21H28Br2O2. The van der Waals surface area contributed by atoms with E-state index in [4.69, 9.17) is 0 Å². The lowest BCUT2D eigenvalue weighted by Gasteiger charge is -2.32. The molecule has 1 aliphatic rings. The number of aromatic hydroxyl groups is 2. The molecule has 2 rings (SSSR count). The monoisotopic (exact) mass is 470 g/mol. The predicted octanol–water partition coefficient (Wildman–Crippen LogP) is 7.37. The van der Waals surface area contributed by atoms with Crippen LogP contribution >= 0.6 is 31.9 Å². The number of phenols is 2. The Morgan fingerprint density at radius 1 is 1.20 bits per heavy atom. The summed E-state index contributed by atoms with van der Waals surface area (Å²) in [6.07, 6.45) is 8.32. The molecule has 0 spiro atoms. The van der Waals surface area contributed by atoms with Crippen LogP contribution in [0.3, 0.4) is 0 Å². The normalized spacial score (nSPS) is 20.4. The fourth-order valence-corrected chi connectivity index (χ4v) is 5.21. The quantitative estimate of drug-likeness (QED) is 0.335. The van der Waals surface area contributed by atoms with Gasteiger partial charge in [-0.1, -0.05) is 43.6 Å². The van der Waals surface area contributed by atoms with Gasteiger partial charge in [0.05, 0.1) is 8.95 Å². The molecule has 0 bridgehead atoms. The maximum absolute atomic E-state index is 10.9. The molecule has 0 unspecified atom stereocenters. The molecule has 0 aliphatic heterocycles. The molecule has 4 heteroatoms. The Labute approximate surface area is 168 Å². The van der Waals surface area contributed by atoms with E-state index < -0.39 is 0 Å². The molecule has 1 aromatic carbocycles. The van der Waals surface area contributed by atoms with E-state index in [0.29, 0.717) is 14.5 Å². The lowest BCUT2D eigenvalue weighted by molar-refractivity contribution is 0.402. The molecule has 1 aromatic rings. The maximum Gasteiger partial charge on any atom is 0.137 e. The Morgan fingerprint density at radius 2 is 1.80 bits per heavy atom. The van der Waals surface area contributed by atoms with Crippen molar-refractivity contribution < 1.29 is 10.2 Å². The van der Waals surface area contributed by atoms with Gasteiger partial charge in [-0.15, -0.1) is 0 Å². The topological polar surface area (TPSA) is 40.5 Å². The fourth-order valence-electron chi connectivity index (χ4n) is 3.72. The summed E-state index contributed by atoms with van der Waals surface area (Å²) in [5.74, 6) is 0.498. The Morgan fingerprint density at radius 3 is 2.32 bits per heavy atom. The largest absolute Gasteiger partial charge is 0.506 e. The van der Waals surface area contributed by atoms with E-state index in [1.165, 1.54) is 5.57 Å². The summed E-state index contributed by atoms with van der Waals surface area (Å²) in [4.78, 5) is 0. The average Bonchev–Trinajstić information content (AvgIpc) is 2.56. The summed E-state index contributed by atoms with van der Waals surface area (Å²) in [6.45, 7) is 10.4. The third kappa shape index (κ3) is 4.33. The van der Waals surface area contributed by atoms with Gasteiger partial charge in [-0.05, 0) is 82.9 Å². The van der Waals surface area contributed by atoms with Gasteiger partial charge in [0.25, 0.3) is 0 Å². The third-order valence-corrected chi connectivity index (χ3v) is 6.91. The molecule has 0 radical (unpaired) electrons. The van der Waals surface area contributed by atoms with Gasteiger partial charge < -0.3 is 10.2 Å². The molecule has 138 valence electrons. The highest BCUT2D eigenvalue weighted by molar-refractivity contribution is 9.11. The summed E-state index contributed by atoms with van der Waals surface area (Å²) in [7, 11) is 0. The maximum atomic E-state index is 10.9. The summed E-state index contributed by atoms with van der Waals surface area (Å²) in [6, 6.07) is 0. The Balaban J connectivity index is 2.54. The Kier molecular flexibility index (Phi) is 7.21. The van der Waals surface area contributed by atoms with Crippen LogP contribution in [0.15, 0.2) is 32.7 Å². The highest BCUT2D eigenvalue weighted by Gasteiger charge is 2.32.